The van der Waals surface area contributed by atoms with Crippen LogP contribution in [0.3, 0.4) is 0 Å². The summed E-state index contributed by atoms with van der Waals surface area (Å²) in [6.07, 6.45) is 4.31. The largest absolute Gasteiger partial charge is 0.396 e. The maximum absolute atomic E-state index is 12.7. The minimum absolute atomic E-state index is 0.113. The first-order valence-electron chi connectivity index (χ1n) is 7.98. The van der Waals surface area contributed by atoms with Gasteiger partial charge in [0.2, 0.25) is 5.91 Å². The fraction of sp³-hybridized carbons (Fsp3) is 0.588. The lowest BCUT2D eigenvalue weighted by Gasteiger charge is -2.37. The number of aliphatic hydroxyl groups excluding tert-OH is 1. The molecule has 1 aliphatic carbocycles. The van der Waals surface area contributed by atoms with Gasteiger partial charge in [0.05, 0.1) is 0 Å². The number of nitrogens with zero attached hydrogens (tertiary/aromatic N) is 1. The van der Waals surface area contributed by atoms with Crippen molar-refractivity contribution in [1.29, 1.82) is 0 Å². The Labute approximate surface area is 126 Å². The molecule has 1 aromatic rings. The van der Waals surface area contributed by atoms with E-state index >= 15 is 0 Å². The maximum atomic E-state index is 12.7. The van der Waals surface area contributed by atoms with Gasteiger partial charge in [0.25, 0.3) is 0 Å². The van der Waals surface area contributed by atoms with Gasteiger partial charge in [-0.05, 0) is 43.7 Å². The Bertz CT molecular complexity index is 473. The summed E-state index contributed by atoms with van der Waals surface area (Å²) in [5.74, 6) is 0.404. The van der Waals surface area contributed by atoms with Crippen LogP contribution in [0.5, 0.6) is 0 Å². The van der Waals surface area contributed by atoms with E-state index in [1.165, 1.54) is 0 Å². The van der Waals surface area contributed by atoms with Crippen LogP contribution >= 0.6 is 0 Å². The molecular weight excluding hydrogens is 264 g/mol. The highest BCUT2D eigenvalue weighted by Gasteiger charge is 2.34. The van der Waals surface area contributed by atoms with E-state index in [9.17, 15) is 9.90 Å². The van der Waals surface area contributed by atoms with Crippen molar-refractivity contribution in [3.63, 3.8) is 0 Å². The van der Waals surface area contributed by atoms with Gasteiger partial charge in [-0.1, -0.05) is 30.3 Å². The zero-order chi connectivity index (χ0) is 14.7. The molecule has 2 unspecified atom stereocenters. The second-order valence-electron chi connectivity index (χ2n) is 6.28. The van der Waals surface area contributed by atoms with Crippen molar-refractivity contribution < 1.29 is 9.90 Å². The van der Waals surface area contributed by atoms with Gasteiger partial charge in [-0.3, -0.25) is 9.69 Å². The number of benzene rings is 1. The molecule has 3 rings (SSSR count). The Hall–Kier alpha value is -1.39. The van der Waals surface area contributed by atoms with Crippen LogP contribution in [0, 0.1) is 5.92 Å². The van der Waals surface area contributed by atoms with Gasteiger partial charge < -0.3 is 10.4 Å². The zero-order valence-corrected chi connectivity index (χ0v) is 12.4. The molecule has 1 amide bonds. The van der Waals surface area contributed by atoms with Crippen LogP contribution < -0.4 is 5.32 Å². The minimum Gasteiger partial charge on any atom is -0.396 e. The second-order valence-corrected chi connectivity index (χ2v) is 6.28. The van der Waals surface area contributed by atoms with E-state index in [2.05, 4.69) is 10.2 Å². The van der Waals surface area contributed by atoms with Crippen molar-refractivity contribution in [2.45, 2.75) is 37.8 Å². The molecule has 0 radical (unpaired) electrons. The van der Waals surface area contributed by atoms with E-state index in [-0.39, 0.29) is 18.6 Å². The summed E-state index contributed by atoms with van der Waals surface area (Å²) in [7, 11) is 0. The summed E-state index contributed by atoms with van der Waals surface area (Å²) in [5.41, 5.74) is 1.05. The van der Waals surface area contributed by atoms with Crippen molar-refractivity contribution >= 4 is 5.91 Å². The topological polar surface area (TPSA) is 52.6 Å². The highest BCUT2D eigenvalue weighted by molar-refractivity contribution is 5.83. The average molecular weight is 288 g/mol. The summed E-state index contributed by atoms with van der Waals surface area (Å²) in [6, 6.07) is 10.2. The molecule has 114 valence electrons. The highest BCUT2D eigenvalue weighted by Crippen LogP contribution is 2.28. The third kappa shape index (κ3) is 3.63. The SMILES string of the molecule is O=C(NC1CC1)C(c1ccccc1)N1CCCC(CO)C1. The van der Waals surface area contributed by atoms with Gasteiger partial charge in [-0.25, -0.2) is 0 Å². The fourth-order valence-electron chi connectivity index (χ4n) is 3.15. The fourth-order valence-corrected chi connectivity index (χ4v) is 3.15. The Balaban J connectivity index is 1.79. The van der Waals surface area contributed by atoms with Gasteiger partial charge in [0.15, 0.2) is 0 Å². The zero-order valence-electron chi connectivity index (χ0n) is 12.4. The molecule has 4 nitrogen and oxygen atoms in total. The lowest BCUT2D eigenvalue weighted by atomic mass is 9.95. The molecule has 2 atom stereocenters. The summed E-state index contributed by atoms with van der Waals surface area (Å²) in [5, 5.41) is 12.6. The first-order chi connectivity index (χ1) is 10.3. The Morgan fingerprint density at radius 3 is 2.71 bits per heavy atom. The molecule has 2 aliphatic rings. The van der Waals surface area contributed by atoms with Crippen molar-refractivity contribution in [2.24, 2.45) is 5.92 Å². The Kier molecular flexibility index (Phi) is 4.56. The summed E-state index contributed by atoms with van der Waals surface area (Å²) >= 11 is 0. The summed E-state index contributed by atoms with van der Waals surface area (Å²) in [4.78, 5) is 14.9. The van der Waals surface area contributed by atoms with E-state index in [0.717, 1.165) is 44.3 Å². The summed E-state index contributed by atoms with van der Waals surface area (Å²) in [6.45, 7) is 1.94. The van der Waals surface area contributed by atoms with Crippen molar-refractivity contribution in [2.75, 3.05) is 19.7 Å². The van der Waals surface area contributed by atoms with Crippen molar-refractivity contribution in [3.8, 4) is 0 Å². The van der Waals surface area contributed by atoms with Crippen LogP contribution in [-0.4, -0.2) is 41.7 Å². The molecule has 21 heavy (non-hydrogen) atoms. The lowest BCUT2D eigenvalue weighted by Crippen LogP contribution is -2.46. The molecule has 0 spiro atoms. The second kappa shape index (κ2) is 6.58. The van der Waals surface area contributed by atoms with E-state index < -0.39 is 0 Å². The quantitative estimate of drug-likeness (QED) is 0.867. The number of piperidine rings is 1. The normalized spacial score (nSPS) is 24.5. The number of aliphatic hydroxyl groups is 1. The molecule has 1 saturated heterocycles. The predicted octanol–water partition coefficient (Wildman–Crippen LogP) is 1.71. The van der Waals surface area contributed by atoms with Gasteiger partial charge in [-0.15, -0.1) is 0 Å². The maximum Gasteiger partial charge on any atom is 0.242 e. The van der Waals surface area contributed by atoms with Gasteiger partial charge in [-0.2, -0.15) is 0 Å². The van der Waals surface area contributed by atoms with Gasteiger partial charge >= 0.3 is 0 Å². The standard InChI is InChI=1S/C17H24N2O2/c20-12-13-5-4-10-19(11-13)16(14-6-2-1-3-7-14)17(21)18-15-8-9-15/h1-3,6-7,13,15-16,20H,4-5,8-12H2,(H,18,21). The van der Waals surface area contributed by atoms with Gasteiger partial charge in [0, 0.05) is 19.2 Å². The van der Waals surface area contributed by atoms with Crippen LogP contribution in [0.25, 0.3) is 0 Å². The minimum atomic E-state index is -0.221. The number of nitrogens with one attached hydrogen (secondary N) is 1. The third-order valence-corrected chi connectivity index (χ3v) is 4.46. The molecular formula is C17H24N2O2. The van der Waals surface area contributed by atoms with E-state index in [4.69, 9.17) is 0 Å². The molecule has 0 bridgehead atoms. The lowest BCUT2D eigenvalue weighted by molar-refractivity contribution is -0.127. The highest BCUT2D eigenvalue weighted by atomic mass is 16.3. The molecule has 1 saturated carbocycles. The first-order valence-corrected chi connectivity index (χ1v) is 7.98. The van der Waals surface area contributed by atoms with Crippen molar-refractivity contribution in [3.05, 3.63) is 35.9 Å². The molecule has 1 aliphatic heterocycles. The molecule has 1 aromatic carbocycles. The van der Waals surface area contributed by atoms with Crippen molar-refractivity contribution in [1.82, 2.24) is 10.2 Å². The average Bonchev–Trinajstić information content (AvgIpc) is 3.33. The molecule has 2 N–H and O–H groups in total. The number of carbonyl (C=O) groups excluding carboxylic acids is 1. The molecule has 4 heteroatoms. The molecule has 0 aromatic heterocycles. The molecule has 1 heterocycles. The summed E-state index contributed by atoms with van der Waals surface area (Å²) < 4.78 is 0. The number of hydrogen-bond donors (Lipinski definition) is 2. The molecule has 2 fully saturated rings. The van der Waals surface area contributed by atoms with E-state index in [1.54, 1.807) is 0 Å². The van der Waals surface area contributed by atoms with E-state index in [0.29, 0.717) is 12.0 Å². The van der Waals surface area contributed by atoms with Crippen LogP contribution in [0.4, 0.5) is 0 Å². The number of amides is 1. The predicted molar refractivity (Wildman–Crippen MR) is 81.7 cm³/mol. The van der Waals surface area contributed by atoms with Gasteiger partial charge in [0.1, 0.15) is 6.04 Å². The number of likely N-dealkylation sites (tertiary alicyclic amines) is 1. The van der Waals surface area contributed by atoms with Crippen LogP contribution in [-0.2, 0) is 4.79 Å². The Morgan fingerprint density at radius 1 is 1.29 bits per heavy atom. The van der Waals surface area contributed by atoms with Crippen LogP contribution in [0.2, 0.25) is 0 Å². The smallest absolute Gasteiger partial charge is 0.242 e. The third-order valence-electron chi connectivity index (χ3n) is 4.46. The monoisotopic (exact) mass is 288 g/mol. The number of hydrogen-bond acceptors (Lipinski definition) is 3. The number of rotatable bonds is 5. The first kappa shape index (κ1) is 14.5. The van der Waals surface area contributed by atoms with Crippen LogP contribution in [0.1, 0.15) is 37.3 Å². The van der Waals surface area contributed by atoms with Crippen LogP contribution in [0.15, 0.2) is 30.3 Å². The Morgan fingerprint density at radius 2 is 2.05 bits per heavy atom. The van der Waals surface area contributed by atoms with E-state index in [1.807, 2.05) is 30.3 Å². The number of carbonyl (C=O) groups is 1.